The van der Waals surface area contributed by atoms with E-state index in [1.165, 1.54) is 0 Å². The molecular weight excluding hydrogens is 252 g/mol. The molecule has 2 saturated carbocycles. The van der Waals surface area contributed by atoms with Crippen molar-refractivity contribution in [2.24, 2.45) is 5.41 Å². The van der Waals surface area contributed by atoms with E-state index in [0.717, 1.165) is 0 Å². The van der Waals surface area contributed by atoms with E-state index in [9.17, 15) is 13.9 Å². The van der Waals surface area contributed by atoms with E-state index in [4.69, 9.17) is 17.3 Å². The van der Waals surface area contributed by atoms with Crippen molar-refractivity contribution in [3.05, 3.63) is 16.5 Å². The summed E-state index contributed by atoms with van der Waals surface area (Å²) in [6.45, 7) is -0.362. The third-order valence-electron chi connectivity index (χ3n) is 3.98. The Bertz CT molecular complexity index is 503. The predicted octanol–water partition coefficient (Wildman–Crippen LogP) is 1.50. The zero-order valence-corrected chi connectivity index (χ0v) is 9.51. The Morgan fingerprint density at radius 1 is 1.41 bits per heavy atom. The molecule has 1 aromatic rings. The normalized spacial score (nSPS) is 33.7. The molecule has 0 bridgehead atoms. The minimum atomic E-state index is -2.37. The number of aliphatic hydroxyl groups excluding tert-OH is 1. The van der Waals surface area contributed by atoms with E-state index in [-0.39, 0.29) is 17.7 Å². The number of nitrogens with two attached hydrogens (primary N) is 1. The maximum absolute atomic E-state index is 12.8. The zero-order valence-electron chi connectivity index (χ0n) is 8.75. The number of nitrogens with zero attached hydrogens (tertiary/aromatic N) is 2. The van der Waals surface area contributed by atoms with Crippen LogP contribution >= 0.6 is 11.6 Å². The van der Waals surface area contributed by atoms with Crippen LogP contribution in [0.25, 0.3) is 0 Å². The summed E-state index contributed by atoms with van der Waals surface area (Å²) in [6.07, 6.45) is -1.60. The Labute approximate surface area is 101 Å². The van der Waals surface area contributed by atoms with Gasteiger partial charge in [-0.3, -0.25) is 0 Å². The fourth-order valence-corrected chi connectivity index (χ4v) is 2.90. The maximum Gasteiger partial charge on any atom is 0.245 e. The molecule has 0 aliphatic heterocycles. The first kappa shape index (κ1) is 11.1. The molecule has 1 heterocycles. The van der Waals surface area contributed by atoms with Crippen molar-refractivity contribution in [1.82, 2.24) is 9.97 Å². The standard InChI is InChI=1S/C10H10ClF2N3O/c11-8-15-5(4(1-17)6(14)16-8)9-2-10(9,3-9)7(12)13/h7,17H,1-3H2,(H2,14,15,16). The second-order valence-corrected chi connectivity index (χ2v) is 5.09. The molecule has 17 heavy (non-hydrogen) atoms. The van der Waals surface area contributed by atoms with E-state index >= 15 is 0 Å². The van der Waals surface area contributed by atoms with Gasteiger partial charge in [-0.15, -0.1) is 0 Å². The summed E-state index contributed by atoms with van der Waals surface area (Å²) in [5, 5.41) is 9.17. The smallest absolute Gasteiger partial charge is 0.245 e. The number of hydrogen-bond acceptors (Lipinski definition) is 4. The summed E-state index contributed by atoms with van der Waals surface area (Å²) < 4.78 is 25.7. The van der Waals surface area contributed by atoms with Crippen molar-refractivity contribution < 1.29 is 13.9 Å². The molecule has 0 unspecified atom stereocenters. The Kier molecular flexibility index (Phi) is 1.99. The average Bonchev–Trinajstić information content (AvgIpc) is 3.01. The predicted molar refractivity (Wildman–Crippen MR) is 56.7 cm³/mol. The number of nitrogen functional groups attached to an aromatic ring is 1. The Balaban J connectivity index is 2.07. The lowest BCUT2D eigenvalue weighted by Crippen LogP contribution is -2.10. The summed E-state index contributed by atoms with van der Waals surface area (Å²) in [7, 11) is 0. The van der Waals surface area contributed by atoms with E-state index in [0.29, 0.717) is 24.1 Å². The molecule has 1 aromatic heterocycles. The Hall–Kier alpha value is -1.01. The van der Waals surface area contributed by atoms with Crippen molar-refractivity contribution in [3.8, 4) is 0 Å². The molecule has 3 N–H and O–H groups in total. The molecule has 3 rings (SSSR count). The SMILES string of the molecule is Nc1nc(Cl)nc(C23CC2(C(F)F)C3)c1CO. The average molecular weight is 262 g/mol. The van der Waals surface area contributed by atoms with Crippen molar-refractivity contribution in [2.45, 2.75) is 31.3 Å². The van der Waals surface area contributed by atoms with Gasteiger partial charge in [-0.25, -0.2) is 18.7 Å². The van der Waals surface area contributed by atoms with Gasteiger partial charge in [0.1, 0.15) is 5.82 Å². The molecule has 0 amide bonds. The lowest BCUT2D eigenvalue weighted by molar-refractivity contribution is 0.0927. The molecule has 0 aromatic carbocycles. The van der Waals surface area contributed by atoms with Crippen LogP contribution in [0.15, 0.2) is 0 Å². The monoisotopic (exact) mass is 261 g/mol. The van der Waals surface area contributed by atoms with Crippen molar-refractivity contribution in [3.63, 3.8) is 0 Å². The van der Waals surface area contributed by atoms with Crippen LogP contribution in [-0.2, 0) is 12.0 Å². The van der Waals surface area contributed by atoms with Crippen LogP contribution in [0.5, 0.6) is 0 Å². The van der Waals surface area contributed by atoms with Crippen LogP contribution < -0.4 is 5.73 Å². The maximum atomic E-state index is 12.8. The second kappa shape index (κ2) is 3.05. The van der Waals surface area contributed by atoms with E-state index in [2.05, 4.69) is 9.97 Å². The molecule has 7 heteroatoms. The number of fused-ring (bicyclic) bond motifs is 1. The lowest BCUT2D eigenvalue weighted by atomic mass is 10.1. The Morgan fingerprint density at radius 2 is 2.06 bits per heavy atom. The van der Waals surface area contributed by atoms with Crippen LogP contribution in [0.2, 0.25) is 5.28 Å². The molecule has 2 fully saturated rings. The number of alkyl halides is 2. The van der Waals surface area contributed by atoms with Gasteiger partial charge in [-0.1, -0.05) is 0 Å². The van der Waals surface area contributed by atoms with Gasteiger partial charge in [-0.05, 0) is 24.4 Å². The number of anilines is 1. The highest BCUT2D eigenvalue weighted by atomic mass is 35.5. The second-order valence-electron chi connectivity index (χ2n) is 4.76. The highest BCUT2D eigenvalue weighted by Gasteiger charge is 2.89. The highest BCUT2D eigenvalue weighted by Crippen LogP contribution is 2.88. The molecule has 2 aliphatic carbocycles. The van der Waals surface area contributed by atoms with E-state index in [1.54, 1.807) is 0 Å². The molecule has 0 atom stereocenters. The quantitative estimate of drug-likeness (QED) is 0.809. The molecule has 0 radical (unpaired) electrons. The first-order valence-corrected chi connectivity index (χ1v) is 5.56. The molecule has 92 valence electrons. The molecular formula is C10H10ClF2N3O. The van der Waals surface area contributed by atoms with Gasteiger partial charge in [0.05, 0.1) is 12.3 Å². The summed E-state index contributed by atoms with van der Waals surface area (Å²) in [4.78, 5) is 7.71. The molecule has 4 nitrogen and oxygen atoms in total. The van der Waals surface area contributed by atoms with Crippen molar-refractivity contribution >= 4 is 17.4 Å². The highest BCUT2D eigenvalue weighted by molar-refractivity contribution is 6.28. The van der Waals surface area contributed by atoms with Crippen LogP contribution in [0.4, 0.5) is 14.6 Å². The molecule has 0 spiro atoms. The van der Waals surface area contributed by atoms with Crippen molar-refractivity contribution in [2.75, 3.05) is 5.73 Å². The largest absolute Gasteiger partial charge is 0.391 e. The Morgan fingerprint density at radius 3 is 2.53 bits per heavy atom. The molecule has 2 aliphatic rings. The van der Waals surface area contributed by atoms with E-state index in [1.807, 2.05) is 0 Å². The van der Waals surface area contributed by atoms with E-state index < -0.39 is 17.3 Å². The zero-order chi connectivity index (χ0) is 12.4. The van der Waals surface area contributed by atoms with Gasteiger partial charge in [0.25, 0.3) is 0 Å². The van der Waals surface area contributed by atoms with Gasteiger partial charge in [-0.2, -0.15) is 0 Å². The summed E-state index contributed by atoms with van der Waals surface area (Å²) in [6, 6.07) is 0. The third kappa shape index (κ3) is 1.20. The third-order valence-corrected chi connectivity index (χ3v) is 4.15. The molecule has 0 saturated heterocycles. The summed E-state index contributed by atoms with van der Waals surface area (Å²) in [5.74, 6) is 0.0684. The minimum Gasteiger partial charge on any atom is -0.391 e. The van der Waals surface area contributed by atoms with Crippen LogP contribution in [0.1, 0.15) is 24.1 Å². The number of aliphatic hydroxyl groups is 1. The topological polar surface area (TPSA) is 72.0 Å². The fraction of sp³-hybridized carbons (Fsp3) is 0.600. The lowest BCUT2D eigenvalue weighted by Gasteiger charge is -2.10. The van der Waals surface area contributed by atoms with Crippen LogP contribution in [0, 0.1) is 5.41 Å². The number of halogens is 3. The van der Waals surface area contributed by atoms with Crippen molar-refractivity contribution in [1.29, 1.82) is 0 Å². The number of rotatable bonds is 3. The van der Waals surface area contributed by atoms with Crippen LogP contribution in [0.3, 0.4) is 0 Å². The van der Waals surface area contributed by atoms with Gasteiger partial charge >= 0.3 is 0 Å². The minimum absolute atomic E-state index is 0.0639. The number of aromatic nitrogens is 2. The van der Waals surface area contributed by atoms with Gasteiger partial charge in [0.15, 0.2) is 0 Å². The van der Waals surface area contributed by atoms with Gasteiger partial charge in [0.2, 0.25) is 11.7 Å². The van der Waals surface area contributed by atoms with Gasteiger partial charge < -0.3 is 10.8 Å². The summed E-state index contributed by atoms with van der Waals surface area (Å²) in [5.41, 5.74) is 4.76. The van der Waals surface area contributed by atoms with Crippen LogP contribution in [-0.4, -0.2) is 21.5 Å². The number of hydrogen-bond donors (Lipinski definition) is 2. The first-order valence-electron chi connectivity index (χ1n) is 5.18. The summed E-state index contributed by atoms with van der Waals surface area (Å²) >= 11 is 5.69. The fourth-order valence-electron chi connectivity index (χ4n) is 2.73. The van der Waals surface area contributed by atoms with Gasteiger partial charge in [0, 0.05) is 16.4 Å². The first-order chi connectivity index (χ1) is 7.97.